The summed E-state index contributed by atoms with van der Waals surface area (Å²) >= 11 is 0. The summed E-state index contributed by atoms with van der Waals surface area (Å²) < 4.78 is 0. The molecule has 0 saturated heterocycles. The zero-order valence-corrected chi connectivity index (χ0v) is 11.9. The number of imidazole rings is 1. The van der Waals surface area contributed by atoms with Crippen LogP contribution in [0, 0.1) is 30.1 Å². The molecule has 0 aromatic carbocycles. The van der Waals surface area contributed by atoms with E-state index in [1.54, 1.807) is 0 Å². The summed E-state index contributed by atoms with van der Waals surface area (Å²) in [6, 6.07) is 0.298. The smallest absolute Gasteiger partial charge is 0.107 e. The zero-order chi connectivity index (χ0) is 13.0. The van der Waals surface area contributed by atoms with Crippen LogP contribution in [-0.2, 0) is 6.42 Å². The minimum absolute atomic E-state index is 0.298. The van der Waals surface area contributed by atoms with Crippen molar-refractivity contribution in [2.45, 2.75) is 57.9 Å². The van der Waals surface area contributed by atoms with Gasteiger partial charge >= 0.3 is 0 Å². The molecule has 3 N–H and O–H groups in total. The van der Waals surface area contributed by atoms with E-state index in [1.165, 1.54) is 38.5 Å². The molecule has 4 fully saturated rings. The molecule has 1 atom stereocenters. The van der Waals surface area contributed by atoms with Crippen LogP contribution < -0.4 is 5.73 Å². The predicted octanol–water partition coefficient (Wildman–Crippen LogP) is 2.80. The third-order valence-electron chi connectivity index (χ3n) is 6.04. The van der Waals surface area contributed by atoms with Crippen molar-refractivity contribution in [1.82, 2.24) is 9.97 Å². The van der Waals surface area contributed by atoms with Crippen molar-refractivity contribution in [3.8, 4) is 0 Å². The molecule has 3 heteroatoms. The van der Waals surface area contributed by atoms with E-state index < -0.39 is 0 Å². The second kappa shape index (κ2) is 4.08. The van der Waals surface area contributed by atoms with E-state index in [4.69, 9.17) is 5.73 Å². The van der Waals surface area contributed by atoms with Crippen LogP contribution >= 0.6 is 0 Å². The Morgan fingerprint density at radius 3 is 2.32 bits per heavy atom. The lowest BCUT2D eigenvalue weighted by Crippen LogP contribution is -2.55. The van der Waals surface area contributed by atoms with Gasteiger partial charge in [0.05, 0.1) is 0 Å². The molecular weight excluding hydrogens is 234 g/mol. The molecule has 4 saturated carbocycles. The highest BCUT2D eigenvalue weighted by Gasteiger charge is 2.53. The van der Waals surface area contributed by atoms with E-state index in [0.29, 0.717) is 11.5 Å². The Balaban J connectivity index is 1.54. The summed E-state index contributed by atoms with van der Waals surface area (Å²) in [4.78, 5) is 7.80. The van der Waals surface area contributed by atoms with Gasteiger partial charge in [0.25, 0.3) is 0 Å². The second-order valence-electron chi connectivity index (χ2n) is 7.60. The number of rotatable bonds is 3. The first-order valence-corrected chi connectivity index (χ1v) is 7.89. The molecule has 1 aromatic rings. The quantitative estimate of drug-likeness (QED) is 0.877. The fourth-order valence-corrected chi connectivity index (χ4v) is 5.63. The maximum absolute atomic E-state index is 6.65. The largest absolute Gasteiger partial charge is 0.346 e. The molecule has 4 aliphatic carbocycles. The van der Waals surface area contributed by atoms with Gasteiger partial charge in [0.15, 0.2) is 0 Å². The van der Waals surface area contributed by atoms with Crippen molar-refractivity contribution < 1.29 is 0 Å². The van der Waals surface area contributed by atoms with E-state index in [1.807, 2.05) is 6.20 Å². The van der Waals surface area contributed by atoms with Crippen molar-refractivity contribution in [1.29, 1.82) is 0 Å². The summed E-state index contributed by atoms with van der Waals surface area (Å²) in [7, 11) is 0. The highest BCUT2D eigenvalue weighted by molar-refractivity contribution is 5.08. The molecule has 104 valence electrons. The van der Waals surface area contributed by atoms with Gasteiger partial charge in [0, 0.05) is 24.4 Å². The second-order valence-corrected chi connectivity index (χ2v) is 7.60. The number of H-pyrrole nitrogens is 1. The number of aryl methyl sites for hydroxylation is 1. The topological polar surface area (TPSA) is 54.7 Å². The number of nitrogens with zero attached hydrogens (tertiary/aromatic N) is 1. The first kappa shape index (κ1) is 12.0. The molecule has 1 heterocycles. The van der Waals surface area contributed by atoms with E-state index >= 15 is 0 Å². The Morgan fingerprint density at radius 1 is 1.26 bits per heavy atom. The summed E-state index contributed by atoms with van der Waals surface area (Å²) in [6.07, 6.45) is 11.5. The maximum Gasteiger partial charge on any atom is 0.107 e. The van der Waals surface area contributed by atoms with Crippen LogP contribution in [0.5, 0.6) is 0 Å². The summed E-state index contributed by atoms with van der Waals surface area (Å²) in [5, 5.41) is 0. The lowest BCUT2D eigenvalue weighted by molar-refractivity contribution is -0.0670. The van der Waals surface area contributed by atoms with Crippen LogP contribution in [-0.4, -0.2) is 16.0 Å². The summed E-state index contributed by atoms with van der Waals surface area (Å²) in [6.45, 7) is 2.06. The first-order valence-electron chi connectivity index (χ1n) is 7.89. The van der Waals surface area contributed by atoms with E-state index in [2.05, 4.69) is 16.9 Å². The van der Waals surface area contributed by atoms with Crippen LogP contribution in [0.2, 0.25) is 0 Å². The molecule has 0 amide bonds. The van der Waals surface area contributed by atoms with Crippen LogP contribution in [0.4, 0.5) is 0 Å². The minimum atomic E-state index is 0.298. The number of aromatic nitrogens is 2. The Labute approximate surface area is 115 Å². The third-order valence-corrected chi connectivity index (χ3v) is 6.04. The molecule has 4 aliphatic rings. The zero-order valence-electron chi connectivity index (χ0n) is 11.9. The van der Waals surface area contributed by atoms with Crippen molar-refractivity contribution in [3.63, 3.8) is 0 Å². The highest BCUT2D eigenvalue weighted by atomic mass is 14.9. The molecule has 5 rings (SSSR count). The van der Waals surface area contributed by atoms with Crippen LogP contribution in [0.15, 0.2) is 6.20 Å². The first-order chi connectivity index (χ1) is 9.13. The fraction of sp³-hybridized carbons (Fsp3) is 0.812. The average Bonchev–Trinajstić information content (AvgIpc) is 2.73. The molecule has 1 unspecified atom stereocenters. The Hall–Kier alpha value is -0.830. The van der Waals surface area contributed by atoms with Gasteiger partial charge in [-0.15, -0.1) is 0 Å². The fourth-order valence-electron chi connectivity index (χ4n) is 5.63. The monoisotopic (exact) mass is 259 g/mol. The van der Waals surface area contributed by atoms with Gasteiger partial charge in [-0.2, -0.15) is 0 Å². The Morgan fingerprint density at radius 2 is 1.84 bits per heavy atom. The van der Waals surface area contributed by atoms with E-state index in [9.17, 15) is 0 Å². The maximum atomic E-state index is 6.65. The molecule has 3 nitrogen and oxygen atoms in total. The number of nitrogens with two attached hydrogens (primary N) is 1. The van der Waals surface area contributed by atoms with Gasteiger partial charge in [0.2, 0.25) is 0 Å². The SMILES string of the molecule is Cc1cnc(CC(N)C23CC4CC(CC(C4)C2)C3)[nH]1. The number of hydrogen-bond acceptors (Lipinski definition) is 2. The van der Waals surface area contributed by atoms with Crippen molar-refractivity contribution in [2.75, 3.05) is 0 Å². The van der Waals surface area contributed by atoms with E-state index in [-0.39, 0.29) is 0 Å². The Bertz CT molecular complexity index is 441. The van der Waals surface area contributed by atoms with Gasteiger partial charge in [-0.3, -0.25) is 0 Å². The summed E-state index contributed by atoms with van der Waals surface area (Å²) in [5.41, 5.74) is 8.24. The molecule has 0 aliphatic heterocycles. The standard InChI is InChI=1S/C16H25N3/c1-10-9-18-15(19-10)5-14(17)16-6-11-2-12(7-16)4-13(3-11)8-16/h9,11-14H,2-8,17H2,1H3,(H,18,19). The normalized spacial score (nSPS) is 41.7. The molecule has 0 radical (unpaired) electrons. The lowest BCUT2D eigenvalue weighted by atomic mass is 9.47. The van der Waals surface area contributed by atoms with Gasteiger partial charge in [-0.05, 0) is 68.6 Å². The van der Waals surface area contributed by atoms with Gasteiger partial charge in [-0.1, -0.05) is 0 Å². The molecule has 1 aromatic heterocycles. The number of nitrogens with one attached hydrogen (secondary N) is 1. The van der Waals surface area contributed by atoms with Crippen LogP contribution in [0.3, 0.4) is 0 Å². The van der Waals surface area contributed by atoms with Crippen molar-refractivity contribution in [2.24, 2.45) is 28.9 Å². The van der Waals surface area contributed by atoms with E-state index in [0.717, 1.165) is 35.7 Å². The predicted molar refractivity (Wildman–Crippen MR) is 75.6 cm³/mol. The van der Waals surface area contributed by atoms with Crippen LogP contribution in [0.25, 0.3) is 0 Å². The lowest BCUT2D eigenvalue weighted by Gasteiger charge is -2.59. The number of hydrogen-bond donors (Lipinski definition) is 2. The van der Waals surface area contributed by atoms with Gasteiger partial charge < -0.3 is 10.7 Å². The van der Waals surface area contributed by atoms with Crippen molar-refractivity contribution in [3.05, 3.63) is 17.7 Å². The van der Waals surface area contributed by atoms with Crippen molar-refractivity contribution >= 4 is 0 Å². The highest BCUT2D eigenvalue weighted by Crippen LogP contribution is 2.61. The molecule has 19 heavy (non-hydrogen) atoms. The third kappa shape index (κ3) is 1.94. The Kier molecular flexibility index (Phi) is 2.57. The number of aromatic amines is 1. The van der Waals surface area contributed by atoms with Gasteiger partial charge in [-0.25, -0.2) is 4.98 Å². The summed E-state index contributed by atoms with van der Waals surface area (Å²) in [5.74, 6) is 4.03. The average molecular weight is 259 g/mol. The molecule has 0 spiro atoms. The minimum Gasteiger partial charge on any atom is -0.346 e. The molecule has 4 bridgehead atoms. The van der Waals surface area contributed by atoms with Crippen LogP contribution in [0.1, 0.15) is 50.0 Å². The van der Waals surface area contributed by atoms with Gasteiger partial charge in [0.1, 0.15) is 5.82 Å². The molecular formula is C16H25N3.